The number of carbonyl (C=O) groups is 1. The highest BCUT2D eigenvalue weighted by Gasteiger charge is 2.13. The average Bonchev–Trinajstić information content (AvgIpc) is 2.30. The maximum absolute atomic E-state index is 11.2. The fourth-order valence-electron chi connectivity index (χ4n) is 1.26. The molecule has 1 aromatic rings. The molecule has 3 nitrogen and oxygen atoms in total. The fraction of sp³-hybridized carbons (Fsp3) is 0.250. The van der Waals surface area contributed by atoms with Crippen LogP contribution in [0.1, 0.15) is 11.1 Å². The van der Waals surface area contributed by atoms with Crippen LogP contribution in [-0.2, 0) is 16.0 Å². The lowest BCUT2D eigenvalue weighted by Crippen LogP contribution is -2.07. The summed E-state index contributed by atoms with van der Waals surface area (Å²) in [5.41, 5.74) is 1.42. The van der Waals surface area contributed by atoms with E-state index in [1.165, 1.54) is 14.2 Å². The third kappa shape index (κ3) is 2.77. The second-order valence-corrected chi connectivity index (χ2v) is 3.89. The monoisotopic (exact) mass is 282 g/mol. The Morgan fingerprint density at radius 2 is 2.19 bits per heavy atom. The van der Waals surface area contributed by atoms with Gasteiger partial charge in [-0.1, -0.05) is 21.9 Å². The summed E-state index contributed by atoms with van der Waals surface area (Å²) in [5, 5.41) is 0. The molecular formula is C12H11BrO3. The molecule has 0 aliphatic carbocycles. The Bertz CT molecular complexity index is 446. The van der Waals surface area contributed by atoms with E-state index in [-0.39, 0.29) is 12.4 Å². The summed E-state index contributed by atoms with van der Waals surface area (Å²) in [7, 11) is 2.88. The van der Waals surface area contributed by atoms with E-state index in [9.17, 15) is 4.79 Å². The first-order valence-electron chi connectivity index (χ1n) is 4.52. The topological polar surface area (TPSA) is 35.5 Å². The van der Waals surface area contributed by atoms with Crippen LogP contribution in [0.25, 0.3) is 0 Å². The van der Waals surface area contributed by atoms with Gasteiger partial charge in [0.25, 0.3) is 0 Å². The number of hydrogen-bond acceptors (Lipinski definition) is 3. The lowest BCUT2D eigenvalue weighted by atomic mass is 10.1. The van der Waals surface area contributed by atoms with Crippen molar-refractivity contribution >= 4 is 21.9 Å². The van der Waals surface area contributed by atoms with Crippen molar-refractivity contribution in [3.8, 4) is 18.1 Å². The Kier molecular flexibility index (Phi) is 4.39. The van der Waals surface area contributed by atoms with Crippen LogP contribution in [0.4, 0.5) is 0 Å². The molecule has 0 aliphatic heterocycles. The smallest absolute Gasteiger partial charge is 0.310 e. The molecule has 84 valence electrons. The number of methoxy groups -OCH3 is 2. The van der Waals surface area contributed by atoms with E-state index in [1.54, 1.807) is 12.1 Å². The van der Waals surface area contributed by atoms with Gasteiger partial charge in [-0.2, -0.15) is 0 Å². The predicted molar refractivity (Wildman–Crippen MR) is 64.3 cm³/mol. The summed E-state index contributed by atoms with van der Waals surface area (Å²) in [6, 6.07) is 3.48. The zero-order chi connectivity index (χ0) is 12.1. The van der Waals surface area contributed by atoms with Crippen LogP contribution in [0.2, 0.25) is 0 Å². The maximum atomic E-state index is 11.2. The normalized spacial score (nSPS) is 9.38. The van der Waals surface area contributed by atoms with E-state index in [1.807, 2.05) is 0 Å². The molecule has 0 unspecified atom stereocenters. The minimum atomic E-state index is -0.326. The second kappa shape index (κ2) is 5.57. The van der Waals surface area contributed by atoms with Gasteiger partial charge in [-0.05, 0) is 12.1 Å². The summed E-state index contributed by atoms with van der Waals surface area (Å²) < 4.78 is 10.5. The lowest BCUT2D eigenvalue weighted by molar-refractivity contribution is -0.139. The highest BCUT2D eigenvalue weighted by atomic mass is 79.9. The maximum Gasteiger partial charge on any atom is 0.310 e. The van der Waals surface area contributed by atoms with E-state index in [2.05, 4.69) is 26.6 Å². The van der Waals surface area contributed by atoms with Gasteiger partial charge in [0.1, 0.15) is 5.75 Å². The number of ether oxygens (including phenoxy) is 2. The molecule has 0 saturated heterocycles. The van der Waals surface area contributed by atoms with Crippen LogP contribution in [0, 0.1) is 12.3 Å². The van der Waals surface area contributed by atoms with Crippen molar-refractivity contribution in [3.63, 3.8) is 0 Å². The van der Waals surface area contributed by atoms with Gasteiger partial charge < -0.3 is 9.47 Å². The molecule has 0 aromatic heterocycles. The summed E-state index contributed by atoms with van der Waals surface area (Å²) in [6.07, 6.45) is 5.45. The van der Waals surface area contributed by atoms with Crippen LogP contribution in [0.5, 0.6) is 5.75 Å². The van der Waals surface area contributed by atoms with Crippen molar-refractivity contribution in [1.82, 2.24) is 0 Å². The molecule has 0 fully saturated rings. The summed E-state index contributed by atoms with van der Waals surface area (Å²) >= 11 is 3.35. The van der Waals surface area contributed by atoms with Crippen molar-refractivity contribution in [1.29, 1.82) is 0 Å². The van der Waals surface area contributed by atoms with Gasteiger partial charge in [0.2, 0.25) is 0 Å². The Balaban J connectivity index is 3.17. The molecule has 1 rings (SSSR count). The second-order valence-electron chi connectivity index (χ2n) is 3.04. The standard InChI is InChI=1S/C12H11BrO3/c1-4-8-5-10(13)9(7-12(14)16-3)11(6-8)15-2/h1,5-6H,7H2,2-3H3. The molecule has 0 amide bonds. The van der Waals surface area contributed by atoms with Crippen molar-refractivity contribution in [2.45, 2.75) is 6.42 Å². The zero-order valence-corrected chi connectivity index (χ0v) is 10.6. The molecule has 0 radical (unpaired) electrons. The third-order valence-corrected chi connectivity index (χ3v) is 2.80. The van der Waals surface area contributed by atoms with Gasteiger partial charge in [-0.15, -0.1) is 6.42 Å². The number of carbonyl (C=O) groups excluding carboxylic acids is 1. The van der Waals surface area contributed by atoms with E-state index >= 15 is 0 Å². The molecule has 0 heterocycles. The van der Waals surface area contributed by atoms with Gasteiger partial charge in [-0.3, -0.25) is 4.79 Å². The summed E-state index contributed by atoms with van der Waals surface area (Å²) in [6.45, 7) is 0. The van der Waals surface area contributed by atoms with E-state index in [4.69, 9.17) is 11.2 Å². The van der Waals surface area contributed by atoms with Gasteiger partial charge >= 0.3 is 5.97 Å². The minimum absolute atomic E-state index is 0.144. The molecule has 0 N–H and O–H groups in total. The number of benzene rings is 1. The molecule has 1 aromatic carbocycles. The van der Waals surface area contributed by atoms with Gasteiger partial charge in [0.15, 0.2) is 0 Å². The molecule has 4 heteroatoms. The molecule has 16 heavy (non-hydrogen) atoms. The highest BCUT2D eigenvalue weighted by Crippen LogP contribution is 2.29. The van der Waals surface area contributed by atoms with Crippen molar-refractivity contribution < 1.29 is 14.3 Å². The van der Waals surface area contributed by atoms with Gasteiger partial charge in [-0.25, -0.2) is 0 Å². The zero-order valence-electron chi connectivity index (χ0n) is 9.04. The highest BCUT2D eigenvalue weighted by molar-refractivity contribution is 9.10. The number of hydrogen-bond donors (Lipinski definition) is 0. The Hall–Kier alpha value is -1.47. The lowest BCUT2D eigenvalue weighted by Gasteiger charge is -2.10. The molecule has 0 bridgehead atoms. The quantitative estimate of drug-likeness (QED) is 0.630. The van der Waals surface area contributed by atoms with Crippen LogP contribution >= 0.6 is 15.9 Å². The van der Waals surface area contributed by atoms with E-state index in [0.29, 0.717) is 11.3 Å². The largest absolute Gasteiger partial charge is 0.496 e. The molecule has 0 atom stereocenters. The van der Waals surface area contributed by atoms with Crippen LogP contribution in [0.15, 0.2) is 16.6 Å². The molecular weight excluding hydrogens is 272 g/mol. The van der Waals surface area contributed by atoms with Crippen LogP contribution in [0.3, 0.4) is 0 Å². The predicted octanol–water partition coefficient (Wildman–Crippen LogP) is 2.15. The fourth-order valence-corrected chi connectivity index (χ4v) is 1.85. The minimum Gasteiger partial charge on any atom is -0.496 e. The Morgan fingerprint density at radius 1 is 1.50 bits per heavy atom. The first kappa shape index (κ1) is 12.6. The van der Waals surface area contributed by atoms with Gasteiger partial charge in [0.05, 0.1) is 20.6 Å². The Morgan fingerprint density at radius 3 is 2.69 bits per heavy atom. The molecule has 0 spiro atoms. The van der Waals surface area contributed by atoms with E-state index < -0.39 is 0 Å². The Labute approximate surface area is 103 Å². The van der Waals surface area contributed by atoms with Crippen LogP contribution < -0.4 is 4.74 Å². The molecule has 0 saturated carbocycles. The number of esters is 1. The van der Waals surface area contributed by atoms with Crippen LogP contribution in [-0.4, -0.2) is 20.2 Å². The SMILES string of the molecule is C#Cc1cc(Br)c(CC(=O)OC)c(OC)c1. The first-order chi connectivity index (χ1) is 7.62. The van der Waals surface area contributed by atoms with Crippen molar-refractivity contribution in [2.75, 3.05) is 14.2 Å². The number of rotatable bonds is 3. The summed E-state index contributed by atoms with van der Waals surface area (Å²) in [4.78, 5) is 11.2. The number of halogens is 1. The van der Waals surface area contributed by atoms with E-state index in [0.717, 1.165) is 10.0 Å². The van der Waals surface area contributed by atoms with Crippen molar-refractivity contribution in [2.24, 2.45) is 0 Å². The molecule has 0 aliphatic rings. The average molecular weight is 283 g/mol. The first-order valence-corrected chi connectivity index (χ1v) is 5.31. The number of terminal acetylenes is 1. The van der Waals surface area contributed by atoms with Crippen molar-refractivity contribution in [3.05, 3.63) is 27.7 Å². The third-order valence-electron chi connectivity index (χ3n) is 2.09. The van der Waals surface area contributed by atoms with Gasteiger partial charge in [0, 0.05) is 15.6 Å². The summed E-state index contributed by atoms with van der Waals surface area (Å²) in [5.74, 6) is 2.76.